The number of carbonyl (C=O) groups excluding carboxylic acids is 3. The van der Waals surface area contributed by atoms with E-state index >= 15 is 0 Å². The predicted molar refractivity (Wildman–Crippen MR) is 105 cm³/mol. The van der Waals surface area contributed by atoms with Crippen molar-refractivity contribution in [2.24, 2.45) is 5.92 Å². The summed E-state index contributed by atoms with van der Waals surface area (Å²) in [5.74, 6) is -0.617. The van der Waals surface area contributed by atoms with E-state index in [0.29, 0.717) is 11.5 Å². The third-order valence-electron chi connectivity index (χ3n) is 5.70. The van der Waals surface area contributed by atoms with E-state index in [1.54, 1.807) is 11.0 Å². The molecule has 152 valence electrons. The van der Waals surface area contributed by atoms with Crippen LogP contribution >= 0.6 is 0 Å². The summed E-state index contributed by atoms with van der Waals surface area (Å²) in [6.07, 6.45) is 0.170. The van der Waals surface area contributed by atoms with Gasteiger partial charge in [-0.15, -0.1) is 0 Å². The zero-order valence-electron chi connectivity index (χ0n) is 16.9. The van der Waals surface area contributed by atoms with Crippen LogP contribution in [-0.2, 0) is 9.59 Å². The predicted octanol–water partition coefficient (Wildman–Crippen LogP) is 1.03. The first-order valence-electron chi connectivity index (χ1n) is 9.71. The Balaban J connectivity index is 1.53. The standard InChI is InChI=1S/C21H29N3O4/c1-13(2)14-6-5-7-15(8-14)18(26)22-10-21(28)11-24(12-21)19(27)16-9-17(25)23-20(16,3)4/h5-8,13,16,28H,9-12H2,1-4H3,(H,22,26)(H,23,25). The van der Waals surface area contributed by atoms with Crippen LogP contribution in [0.25, 0.3) is 0 Å². The fraction of sp³-hybridized carbons (Fsp3) is 0.571. The molecule has 2 aliphatic heterocycles. The van der Waals surface area contributed by atoms with Crippen molar-refractivity contribution in [3.8, 4) is 0 Å². The largest absolute Gasteiger partial charge is 0.384 e. The first kappa shape index (κ1) is 20.3. The van der Waals surface area contributed by atoms with Gasteiger partial charge in [0.15, 0.2) is 0 Å². The minimum Gasteiger partial charge on any atom is -0.384 e. The van der Waals surface area contributed by atoms with E-state index in [4.69, 9.17) is 0 Å². The second-order valence-electron chi connectivity index (χ2n) is 8.91. The molecule has 0 saturated carbocycles. The van der Waals surface area contributed by atoms with Gasteiger partial charge in [-0.25, -0.2) is 0 Å². The summed E-state index contributed by atoms with van der Waals surface area (Å²) < 4.78 is 0. The van der Waals surface area contributed by atoms with Gasteiger partial charge < -0.3 is 20.6 Å². The first-order chi connectivity index (χ1) is 13.0. The monoisotopic (exact) mass is 387 g/mol. The molecule has 2 saturated heterocycles. The van der Waals surface area contributed by atoms with Crippen LogP contribution < -0.4 is 10.6 Å². The van der Waals surface area contributed by atoms with Crippen LogP contribution in [-0.4, -0.2) is 58.5 Å². The third kappa shape index (κ3) is 4.04. The molecule has 2 fully saturated rings. The Kier molecular flexibility index (Phi) is 5.23. The van der Waals surface area contributed by atoms with Gasteiger partial charge in [0, 0.05) is 17.5 Å². The van der Waals surface area contributed by atoms with Crippen molar-refractivity contribution in [3.05, 3.63) is 35.4 Å². The van der Waals surface area contributed by atoms with Crippen LogP contribution in [0.4, 0.5) is 0 Å². The Morgan fingerprint density at radius 3 is 2.57 bits per heavy atom. The van der Waals surface area contributed by atoms with Gasteiger partial charge >= 0.3 is 0 Å². The highest BCUT2D eigenvalue weighted by atomic mass is 16.3. The van der Waals surface area contributed by atoms with Gasteiger partial charge in [0.05, 0.1) is 25.6 Å². The van der Waals surface area contributed by atoms with Crippen molar-refractivity contribution in [1.82, 2.24) is 15.5 Å². The van der Waals surface area contributed by atoms with Crippen LogP contribution in [0.3, 0.4) is 0 Å². The minimum absolute atomic E-state index is 0.0762. The molecule has 0 aromatic heterocycles. The van der Waals surface area contributed by atoms with Crippen molar-refractivity contribution >= 4 is 17.7 Å². The number of likely N-dealkylation sites (tertiary alicyclic amines) is 1. The summed E-state index contributed by atoms with van der Waals surface area (Å²) in [7, 11) is 0. The molecule has 28 heavy (non-hydrogen) atoms. The summed E-state index contributed by atoms with van der Waals surface area (Å²) in [6.45, 7) is 8.17. The fourth-order valence-electron chi connectivity index (χ4n) is 3.87. The lowest BCUT2D eigenvalue weighted by Crippen LogP contribution is -2.69. The molecule has 0 spiro atoms. The van der Waals surface area contributed by atoms with E-state index in [1.807, 2.05) is 32.0 Å². The van der Waals surface area contributed by atoms with Crippen LogP contribution in [0.2, 0.25) is 0 Å². The first-order valence-corrected chi connectivity index (χ1v) is 9.71. The molecule has 1 unspecified atom stereocenters. The maximum atomic E-state index is 12.7. The number of hydrogen-bond acceptors (Lipinski definition) is 4. The number of benzene rings is 1. The van der Waals surface area contributed by atoms with Crippen molar-refractivity contribution in [2.45, 2.75) is 51.2 Å². The maximum absolute atomic E-state index is 12.7. The van der Waals surface area contributed by atoms with Crippen LogP contribution in [0.5, 0.6) is 0 Å². The third-order valence-corrected chi connectivity index (χ3v) is 5.70. The molecular formula is C21H29N3O4. The van der Waals surface area contributed by atoms with Gasteiger partial charge in [0.2, 0.25) is 11.8 Å². The highest BCUT2D eigenvalue weighted by Crippen LogP contribution is 2.32. The number of hydrogen-bond donors (Lipinski definition) is 3. The second-order valence-corrected chi connectivity index (χ2v) is 8.91. The molecule has 0 bridgehead atoms. The number of nitrogens with zero attached hydrogens (tertiary/aromatic N) is 1. The number of rotatable bonds is 5. The average Bonchev–Trinajstić information content (AvgIpc) is 2.89. The topological polar surface area (TPSA) is 98.7 Å². The molecule has 7 heteroatoms. The van der Waals surface area contributed by atoms with Crippen molar-refractivity contribution in [2.75, 3.05) is 19.6 Å². The van der Waals surface area contributed by atoms with Crippen molar-refractivity contribution < 1.29 is 19.5 Å². The van der Waals surface area contributed by atoms with Crippen LogP contribution in [0.15, 0.2) is 24.3 Å². The second kappa shape index (κ2) is 7.20. The van der Waals surface area contributed by atoms with E-state index in [1.165, 1.54) is 0 Å². The quantitative estimate of drug-likeness (QED) is 0.703. The fourth-order valence-corrected chi connectivity index (χ4v) is 3.87. The van der Waals surface area contributed by atoms with Crippen molar-refractivity contribution in [3.63, 3.8) is 0 Å². The Bertz CT molecular complexity index is 797. The lowest BCUT2D eigenvalue weighted by atomic mass is 9.85. The van der Waals surface area contributed by atoms with Gasteiger partial charge in [0.25, 0.3) is 5.91 Å². The summed E-state index contributed by atoms with van der Waals surface area (Å²) in [4.78, 5) is 38.3. The molecule has 3 N–H and O–H groups in total. The molecule has 1 atom stereocenters. The smallest absolute Gasteiger partial charge is 0.251 e. The van der Waals surface area contributed by atoms with E-state index in [2.05, 4.69) is 24.5 Å². The average molecular weight is 387 g/mol. The molecule has 3 rings (SSSR count). The minimum atomic E-state index is -1.14. The number of carbonyl (C=O) groups is 3. The molecule has 7 nitrogen and oxygen atoms in total. The summed E-state index contributed by atoms with van der Waals surface area (Å²) in [6, 6.07) is 7.43. The lowest BCUT2D eigenvalue weighted by molar-refractivity contribution is -0.160. The molecule has 0 radical (unpaired) electrons. The molecule has 3 amide bonds. The molecule has 2 aliphatic rings. The van der Waals surface area contributed by atoms with E-state index in [-0.39, 0.29) is 43.8 Å². The molecule has 1 aromatic rings. The molecule has 2 heterocycles. The summed E-state index contributed by atoms with van der Waals surface area (Å²) in [5.41, 5.74) is -0.0907. The SMILES string of the molecule is CC(C)c1cccc(C(=O)NCC2(O)CN(C(=O)C3CC(=O)NC3(C)C)C2)c1. The Morgan fingerprint density at radius 2 is 2.00 bits per heavy atom. The van der Waals surface area contributed by atoms with Gasteiger partial charge in [-0.3, -0.25) is 14.4 Å². The molecule has 1 aromatic carbocycles. The molecular weight excluding hydrogens is 358 g/mol. The Hall–Kier alpha value is -2.41. The maximum Gasteiger partial charge on any atom is 0.251 e. The van der Waals surface area contributed by atoms with Gasteiger partial charge in [0.1, 0.15) is 5.60 Å². The highest BCUT2D eigenvalue weighted by Gasteiger charge is 2.50. The summed E-state index contributed by atoms with van der Waals surface area (Å²) >= 11 is 0. The van der Waals surface area contributed by atoms with E-state index in [9.17, 15) is 19.5 Å². The number of nitrogens with one attached hydrogen (secondary N) is 2. The van der Waals surface area contributed by atoms with E-state index < -0.39 is 17.1 Å². The Labute approximate surface area is 165 Å². The zero-order valence-corrected chi connectivity index (χ0v) is 16.9. The van der Waals surface area contributed by atoms with Crippen LogP contribution in [0, 0.1) is 5.92 Å². The van der Waals surface area contributed by atoms with E-state index in [0.717, 1.165) is 5.56 Å². The van der Waals surface area contributed by atoms with Gasteiger partial charge in [-0.2, -0.15) is 0 Å². The Morgan fingerprint density at radius 1 is 1.32 bits per heavy atom. The normalized spacial score (nSPS) is 22.6. The number of aliphatic hydroxyl groups is 1. The number of amides is 3. The summed E-state index contributed by atoms with van der Waals surface area (Å²) in [5, 5.41) is 16.2. The molecule has 0 aliphatic carbocycles. The highest BCUT2D eigenvalue weighted by molar-refractivity contribution is 5.94. The van der Waals surface area contributed by atoms with Crippen LogP contribution in [0.1, 0.15) is 56.0 Å². The lowest BCUT2D eigenvalue weighted by Gasteiger charge is -2.48. The van der Waals surface area contributed by atoms with Gasteiger partial charge in [-0.1, -0.05) is 26.0 Å². The van der Waals surface area contributed by atoms with Crippen molar-refractivity contribution in [1.29, 1.82) is 0 Å². The number of β-amino-alcohol motifs (C(OH)–C–C–N with tert-alkyl or cyclic N) is 1. The van der Waals surface area contributed by atoms with Gasteiger partial charge in [-0.05, 0) is 37.5 Å². The zero-order chi connectivity index (χ0) is 20.7.